The molecule has 1 saturated heterocycles. The number of nitrogens with two attached hydrogens (primary N) is 1. The van der Waals surface area contributed by atoms with Crippen LogP contribution in [0.1, 0.15) is 29.9 Å². The molecule has 0 bridgehead atoms. The maximum Gasteiger partial charge on any atom is 0.254 e. The Bertz CT molecular complexity index is 414. The van der Waals surface area contributed by atoms with E-state index in [0.717, 1.165) is 18.8 Å². The summed E-state index contributed by atoms with van der Waals surface area (Å²) >= 11 is 0. The molecule has 0 aromatic carbocycles. The van der Waals surface area contributed by atoms with Crippen molar-refractivity contribution in [1.29, 1.82) is 0 Å². The van der Waals surface area contributed by atoms with Gasteiger partial charge in [-0.05, 0) is 30.9 Å². The molecule has 17 heavy (non-hydrogen) atoms. The number of nitrogens with zero attached hydrogens (tertiary/aromatic N) is 2. The molecule has 1 aromatic heterocycles. The van der Waals surface area contributed by atoms with Gasteiger partial charge in [-0.25, -0.2) is 4.98 Å². The summed E-state index contributed by atoms with van der Waals surface area (Å²) in [6.07, 6.45) is 0. The number of rotatable bonds is 1. The van der Waals surface area contributed by atoms with E-state index in [-0.39, 0.29) is 5.91 Å². The highest BCUT2D eigenvalue weighted by Crippen LogP contribution is 2.24. The number of aromatic nitrogens is 1. The first-order valence-corrected chi connectivity index (χ1v) is 6.01. The van der Waals surface area contributed by atoms with E-state index >= 15 is 0 Å². The molecule has 4 nitrogen and oxygen atoms in total. The maximum absolute atomic E-state index is 12.3. The van der Waals surface area contributed by atoms with Crippen molar-refractivity contribution >= 4 is 11.7 Å². The summed E-state index contributed by atoms with van der Waals surface area (Å²) in [7, 11) is 0. The zero-order valence-corrected chi connectivity index (χ0v) is 10.6. The van der Waals surface area contributed by atoms with Crippen molar-refractivity contribution in [3.63, 3.8) is 0 Å². The maximum atomic E-state index is 12.3. The summed E-state index contributed by atoms with van der Waals surface area (Å²) in [5.41, 5.74) is 7.10. The van der Waals surface area contributed by atoms with Gasteiger partial charge in [-0.3, -0.25) is 4.79 Å². The van der Waals surface area contributed by atoms with Gasteiger partial charge >= 0.3 is 0 Å². The van der Waals surface area contributed by atoms with E-state index in [1.165, 1.54) is 0 Å². The van der Waals surface area contributed by atoms with Crippen LogP contribution in [0.25, 0.3) is 0 Å². The number of pyridine rings is 1. The fourth-order valence-electron chi connectivity index (χ4n) is 2.30. The average Bonchev–Trinajstić information content (AvgIpc) is 2.57. The van der Waals surface area contributed by atoms with E-state index < -0.39 is 0 Å². The van der Waals surface area contributed by atoms with E-state index in [1.807, 2.05) is 11.8 Å². The van der Waals surface area contributed by atoms with E-state index in [2.05, 4.69) is 18.8 Å². The summed E-state index contributed by atoms with van der Waals surface area (Å²) in [6, 6.07) is 3.45. The molecule has 2 atom stereocenters. The molecule has 0 aliphatic carbocycles. The van der Waals surface area contributed by atoms with Gasteiger partial charge in [-0.1, -0.05) is 13.8 Å². The Hall–Kier alpha value is -1.58. The van der Waals surface area contributed by atoms with Gasteiger partial charge in [-0.2, -0.15) is 0 Å². The van der Waals surface area contributed by atoms with E-state index in [9.17, 15) is 4.79 Å². The van der Waals surface area contributed by atoms with Crippen molar-refractivity contribution in [1.82, 2.24) is 9.88 Å². The smallest absolute Gasteiger partial charge is 0.254 e. The van der Waals surface area contributed by atoms with Crippen LogP contribution in [0.4, 0.5) is 5.82 Å². The SMILES string of the molecule is Cc1cc(C(=O)N2CC(C)C(C)C2)cc(N)n1. The number of hydrogen-bond donors (Lipinski definition) is 1. The van der Waals surface area contributed by atoms with Gasteiger partial charge < -0.3 is 10.6 Å². The van der Waals surface area contributed by atoms with Crippen molar-refractivity contribution in [3.8, 4) is 0 Å². The standard InChI is InChI=1S/C13H19N3O/c1-8-6-16(7-9(8)2)13(17)11-4-10(3)15-12(14)5-11/h4-5,8-9H,6-7H2,1-3H3,(H2,14,15). The molecule has 0 spiro atoms. The lowest BCUT2D eigenvalue weighted by Gasteiger charge is -2.16. The van der Waals surface area contributed by atoms with Gasteiger partial charge in [0.1, 0.15) is 5.82 Å². The van der Waals surface area contributed by atoms with Gasteiger partial charge in [-0.15, -0.1) is 0 Å². The molecule has 1 aliphatic heterocycles. The molecular weight excluding hydrogens is 214 g/mol. The Morgan fingerprint density at radius 1 is 1.35 bits per heavy atom. The highest BCUT2D eigenvalue weighted by molar-refractivity contribution is 5.95. The zero-order valence-electron chi connectivity index (χ0n) is 10.6. The quantitative estimate of drug-likeness (QED) is 0.803. The normalized spacial score (nSPS) is 24.1. The molecular formula is C13H19N3O. The van der Waals surface area contributed by atoms with Crippen molar-refractivity contribution < 1.29 is 4.79 Å². The summed E-state index contributed by atoms with van der Waals surface area (Å²) in [5, 5.41) is 0. The molecule has 1 aliphatic rings. The molecule has 1 fully saturated rings. The van der Waals surface area contributed by atoms with Gasteiger partial charge in [0, 0.05) is 24.3 Å². The van der Waals surface area contributed by atoms with E-state index in [0.29, 0.717) is 23.2 Å². The third-order valence-electron chi connectivity index (χ3n) is 3.50. The van der Waals surface area contributed by atoms with Crippen LogP contribution in [0.3, 0.4) is 0 Å². The lowest BCUT2D eigenvalue weighted by molar-refractivity contribution is 0.0785. The third kappa shape index (κ3) is 2.40. The second kappa shape index (κ2) is 4.35. The third-order valence-corrected chi connectivity index (χ3v) is 3.50. The van der Waals surface area contributed by atoms with Gasteiger partial charge in [0.05, 0.1) is 0 Å². The number of carbonyl (C=O) groups is 1. The number of likely N-dealkylation sites (tertiary alicyclic amines) is 1. The van der Waals surface area contributed by atoms with Crippen LogP contribution in [0, 0.1) is 18.8 Å². The Labute approximate surface area is 102 Å². The summed E-state index contributed by atoms with van der Waals surface area (Å²) in [6.45, 7) is 7.89. The zero-order chi connectivity index (χ0) is 12.6. The van der Waals surface area contributed by atoms with Crippen molar-refractivity contribution in [3.05, 3.63) is 23.4 Å². The number of nitrogen functional groups attached to an aromatic ring is 1. The Kier molecular flexibility index (Phi) is 3.05. The molecule has 92 valence electrons. The Morgan fingerprint density at radius 3 is 2.47 bits per heavy atom. The Morgan fingerprint density at radius 2 is 1.94 bits per heavy atom. The van der Waals surface area contributed by atoms with Crippen LogP contribution < -0.4 is 5.73 Å². The number of amides is 1. The largest absolute Gasteiger partial charge is 0.384 e. The number of anilines is 1. The molecule has 4 heteroatoms. The Balaban J connectivity index is 2.20. The molecule has 2 heterocycles. The molecule has 2 unspecified atom stereocenters. The van der Waals surface area contributed by atoms with Crippen LogP contribution >= 0.6 is 0 Å². The minimum Gasteiger partial charge on any atom is -0.384 e. The van der Waals surface area contributed by atoms with Crippen LogP contribution in [0.5, 0.6) is 0 Å². The predicted octanol–water partition coefficient (Wildman–Crippen LogP) is 1.70. The first kappa shape index (κ1) is 11.9. The number of aryl methyl sites for hydroxylation is 1. The number of carbonyl (C=O) groups excluding carboxylic acids is 1. The van der Waals surface area contributed by atoms with Crippen molar-refractivity contribution in [2.45, 2.75) is 20.8 Å². The van der Waals surface area contributed by atoms with Crippen molar-refractivity contribution in [2.24, 2.45) is 11.8 Å². The molecule has 1 amide bonds. The van der Waals surface area contributed by atoms with Crippen LogP contribution in [-0.4, -0.2) is 28.9 Å². The van der Waals surface area contributed by atoms with Gasteiger partial charge in [0.15, 0.2) is 0 Å². The number of hydrogen-bond acceptors (Lipinski definition) is 3. The lowest BCUT2D eigenvalue weighted by Crippen LogP contribution is -2.29. The average molecular weight is 233 g/mol. The second-order valence-corrected chi connectivity index (χ2v) is 5.09. The second-order valence-electron chi connectivity index (χ2n) is 5.09. The van der Waals surface area contributed by atoms with E-state index in [4.69, 9.17) is 5.73 Å². The molecule has 2 N–H and O–H groups in total. The molecule has 1 aromatic rings. The minimum absolute atomic E-state index is 0.0680. The minimum atomic E-state index is 0.0680. The summed E-state index contributed by atoms with van der Waals surface area (Å²) in [5.74, 6) is 1.62. The lowest BCUT2D eigenvalue weighted by atomic mass is 10.0. The first-order valence-electron chi connectivity index (χ1n) is 6.01. The monoisotopic (exact) mass is 233 g/mol. The predicted molar refractivity (Wildman–Crippen MR) is 67.6 cm³/mol. The fraction of sp³-hybridized carbons (Fsp3) is 0.538. The van der Waals surface area contributed by atoms with Crippen LogP contribution in [0.15, 0.2) is 12.1 Å². The highest BCUT2D eigenvalue weighted by Gasteiger charge is 2.29. The fourth-order valence-corrected chi connectivity index (χ4v) is 2.30. The van der Waals surface area contributed by atoms with E-state index in [1.54, 1.807) is 12.1 Å². The summed E-state index contributed by atoms with van der Waals surface area (Å²) < 4.78 is 0. The van der Waals surface area contributed by atoms with Crippen LogP contribution in [0.2, 0.25) is 0 Å². The summed E-state index contributed by atoms with van der Waals surface area (Å²) in [4.78, 5) is 18.3. The first-order chi connectivity index (χ1) is 7.97. The van der Waals surface area contributed by atoms with Gasteiger partial charge in [0.2, 0.25) is 0 Å². The molecule has 2 rings (SSSR count). The highest BCUT2D eigenvalue weighted by atomic mass is 16.2. The van der Waals surface area contributed by atoms with Gasteiger partial charge in [0.25, 0.3) is 5.91 Å². The van der Waals surface area contributed by atoms with Crippen LogP contribution in [-0.2, 0) is 0 Å². The molecule has 0 radical (unpaired) electrons. The molecule has 0 saturated carbocycles. The topological polar surface area (TPSA) is 59.2 Å². The van der Waals surface area contributed by atoms with Crippen molar-refractivity contribution in [2.75, 3.05) is 18.8 Å².